The molecule has 0 spiro atoms. The quantitative estimate of drug-likeness (QED) is 0.545. The van der Waals surface area contributed by atoms with Gasteiger partial charge in [-0.05, 0) is 41.3 Å². The van der Waals surface area contributed by atoms with Gasteiger partial charge in [0.25, 0.3) is 5.91 Å². The molecule has 0 unspecified atom stereocenters. The number of rotatable bonds is 7. The molecule has 2 aromatic heterocycles. The van der Waals surface area contributed by atoms with Crippen LogP contribution in [-0.4, -0.2) is 16.8 Å². The van der Waals surface area contributed by atoms with Gasteiger partial charge in [-0.15, -0.1) is 11.3 Å². The minimum absolute atomic E-state index is 0.191. The number of anilines is 2. The van der Waals surface area contributed by atoms with Crippen LogP contribution in [0.2, 0.25) is 0 Å². The topological polar surface area (TPSA) is 92.3 Å². The van der Waals surface area contributed by atoms with E-state index in [0.29, 0.717) is 16.4 Å². The summed E-state index contributed by atoms with van der Waals surface area (Å²) in [5, 5.41) is 4.42. The largest absolute Gasteiger partial charge is 0.487 e. The lowest BCUT2D eigenvalue weighted by molar-refractivity contribution is -0.114. The van der Waals surface area contributed by atoms with Crippen LogP contribution in [0.25, 0.3) is 0 Å². The SMILES string of the molecule is CC(=O)Nc1cc(COc2ccsc2C(=O)NNc2ccccc2)ccn1. The summed E-state index contributed by atoms with van der Waals surface area (Å²) in [6.07, 6.45) is 1.59. The molecule has 3 aromatic rings. The van der Waals surface area contributed by atoms with Gasteiger partial charge in [0.05, 0.1) is 5.69 Å². The third kappa shape index (κ3) is 5.29. The van der Waals surface area contributed by atoms with Gasteiger partial charge < -0.3 is 10.1 Å². The van der Waals surface area contributed by atoms with Gasteiger partial charge in [0.1, 0.15) is 23.1 Å². The van der Waals surface area contributed by atoms with Crippen LogP contribution in [0.1, 0.15) is 22.2 Å². The molecular weight excluding hydrogens is 364 g/mol. The number of carbonyl (C=O) groups is 2. The lowest BCUT2D eigenvalue weighted by Gasteiger charge is -2.10. The highest BCUT2D eigenvalue weighted by Crippen LogP contribution is 2.26. The Bertz CT molecular complexity index is 927. The number of carbonyl (C=O) groups excluding carboxylic acids is 2. The highest BCUT2D eigenvalue weighted by Gasteiger charge is 2.14. The van der Waals surface area contributed by atoms with Crippen LogP contribution in [0.15, 0.2) is 60.1 Å². The number of aromatic nitrogens is 1. The highest BCUT2D eigenvalue weighted by atomic mass is 32.1. The summed E-state index contributed by atoms with van der Waals surface area (Å²) in [5.41, 5.74) is 7.13. The average molecular weight is 382 g/mol. The predicted molar refractivity (Wildman–Crippen MR) is 105 cm³/mol. The van der Waals surface area contributed by atoms with E-state index >= 15 is 0 Å². The van der Waals surface area contributed by atoms with Gasteiger partial charge in [0.2, 0.25) is 5.91 Å². The first-order valence-electron chi connectivity index (χ1n) is 8.16. The van der Waals surface area contributed by atoms with Crippen molar-refractivity contribution in [2.24, 2.45) is 0 Å². The summed E-state index contributed by atoms with van der Waals surface area (Å²) in [4.78, 5) is 28.0. The first-order valence-corrected chi connectivity index (χ1v) is 9.04. The molecule has 3 N–H and O–H groups in total. The van der Waals surface area contributed by atoms with Gasteiger partial charge in [-0.25, -0.2) is 4.98 Å². The molecule has 27 heavy (non-hydrogen) atoms. The molecule has 138 valence electrons. The van der Waals surface area contributed by atoms with Crippen LogP contribution in [0, 0.1) is 0 Å². The summed E-state index contributed by atoms with van der Waals surface area (Å²) in [6, 6.07) is 14.6. The molecule has 8 heteroatoms. The Morgan fingerprint density at radius 3 is 2.74 bits per heavy atom. The van der Waals surface area contributed by atoms with Crippen LogP contribution >= 0.6 is 11.3 Å². The molecule has 2 heterocycles. The lowest BCUT2D eigenvalue weighted by atomic mass is 10.3. The number of hydrazine groups is 1. The van der Waals surface area contributed by atoms with E-state index in [1.54, 1.807) is 29.8 Å². The zero-order valence-corrected chi connectivity index (χ0v) is 15.4. The van der Waals surface area contributed by atoms with Crippen molar-refractivity contribution in [3.05, 3.63) is 70.5 Å². The van der Waals surface area contributed by atoms with Crippen molar-refractivity contribution >= 4 is 34.7 Å². The van der Waals surface area contributed by atoms with E-state index in [0.717, 1.165) is 11.3 Å². The van der Waals surface area contributed by atoms with Crippen LogP contribution in [0.3, 0.4) is 0 Å². The Morgan fingerprint density at radius 2 is 1.96 bits per heavy atom. The van der Waals surface area contributed by atoms with Gasteiger partial charge >= 0.3 is 0 Å². The highest BCUT2D eigenvalue weighted by molar-refractivity contribution is 7.12. The Balaban J connectivity index is 1.60. The fraction of sp³-hybridized carbons (Fsp3) is 0.105. The third-order valence-electron chi connectivity index (χ3n) is 3.45. The molecule has 3 rings (SSSR count). The minimum Gasteiger partial charge on any atom is -0.487 e. The summed E-state index contributed by atoms with van der Waals surface area (Å²) >= 11 is 1.29. The molecule has 1 aromatic carbocycles. The Kier molecular flexibility index (Phi) is 6.01. The van der Waals surface area contributed by atoms with E-state index in [-0.39, 0.29) is 18.4 Å². The van der Waals surface area contributed by atoms with Gasteiger partial charge in [-0.2, -0.15) is 0 Å². The van der Waals surface area contributed by atoms with E-state index in [4.69, 9.17) is 4.74 Å². The van der Waals surface area contributed by atoms with Crippen LogP contribution in [0.5, 0.6) is 5.75 Å². The normalized spacial score (nSPS) is 10.1. The predicted octanol–water partition coefficient (Wildman–Crippen LogP) is 3.44. The van der Waals surface area contributed by atoms with E-state index in [2.05, 4.69) is 21.2 Å². The molecular formula is C19H18N4O3S. The van der Waals surface area contributed by atoms with Gasteiger partial charge in [-0.3, -0.25) is 20.4 Å². The van der Waals surface area contributed by atoms with E-state index in [1.807, 2.05) is 30.3 Å². The minimum atomic E-state index is -0.280. The first-order chi connectivity index (χ1) is 13.1. The standard InChI is InChI=1S/C19H18N4O3S/c1-13(24)21-17-11-14(7-9-20-17)12-26-16-8-10-27-18(16)19(25)23-22-15-5-3-2-4-6-15/h2-11,22H,12H2,1H3,(H,23,25)(H,20,21,24). The number of pyridine rings is 1. The number of thiophene rings is 1. The fourth-order valence-electron chi connectivity index (χ4n) is 2.26. The molecule has 0 aliphatic carbocycles. The second-order valence-electron chi connectivity index (χ2n) is 5.58. The van der Waals surface area contributed by atoms with E-state index in [1.165, 1.54) is 18.3 Å². The van der Waals surface area contributed by atoms with E-state index in [9.17, 15) is 9.59 Å². The van der Waals surface area contributed by atoms with Gasteiger partial charge in [-0.1, -0.05) is 18.2 Å². The molecule has 0 bridgehead atoms. The number of amides is 2. The van der Waals surface area contributed by atoms with Crippen molar-refractivity contribution in [3.63, 3.8) is 0 Å². The second-order valence-corrected chi connectivity index (χ2v) is 6.49. The number of para-hydroxylation sites is 1. The molecule has 7 nitrogen and oxygen atoms in total. The maximum absolute atomic E-state index is 12.4. The Hall–Kier alpha value is -3.39. The van der Waals surface area contributed by atoms with Gasteiger partial charge in [0.15, 0.2) is 0 Å². The third-order valence-corrected chi connectivity index (χ3v) is 4.35. The van der Waals surface area contributed by atoms with Crippen molar-refractivity contribution < 1.29 is 14.3 Å². The lowest BCUT2D eigenvalue weighted by Crippen LogP contribution is -2.28. The molecule has 0 radical (unpaired) electrons. The van der Waals surface area contributed by atoms with Crippen molar-refractivity contribution in [1.82, 2.24) is 10.4 Å². The summed E-state index contributed by atoms with van der Waals surface area (Å²) in [6.45, 7) is 1.67. The maximum Gasteiger partial charge on any atom is 0.283 e. The van der Waals surface area contributed by atoms with Crippen molar-refractivity contribution in [3.8, 4) is 5.75 Å². The summed E-state index contributed by atoms with van der Waals surface area (Å²) in [7, 11) is 0. The zero-order chi connectivity index (χ0) is 19.1. The van der Waals surface area contributed by atoms with Crippen molar-refractivity contribution in [2.75, 3.05) is 10.7 Å². The average Bonchev–Trinajstić information content (AvgIpc) is 3.14. The number of benzene rings is 1. The fourth-order valence-corrected chi connectivity index (χ4v) is 2.99. The molecule has 0 aliphatic rings. The second kappa shape index (κ2) is 8.81. The van der Waals surface area contributed by atoms with E-state index < -0.39 is 0 Å². The number of ether oxygens (including phenoxy) is 1. The maximum atomic E-state index is 12.4. The van der Waals surface area contributed by atoms with Crippen molar-refractivity contribution in [1.29, 1.82) is 0 Å². The van der Waals surface area contributed by atoms with Crippen LogP contribution < -0.4 is 20.9 Å². The summed E-state index contributed by atoms with van der Waals surface area (Å²) < 4.78 is 5.78. The van der Waals surface area contributed by atoms with Crippen LogP contribution in [0.4, 0.5) is 11.5 Å². The molecule has 0 atom stereocenters. The molecule has 0 aliphatic heterocycles. The Morgan fingerprint density at radius 1 is 1.15 bits per heavy atom. The van der Waals surface area contributed by atoms with Crippen molar-refractivity contribution in [2.45, 2.75) is 13.5 Å². The van der Waals surface area contributed by atoms with Gasteiger partial charge in [0, 0.05) is 13.1 Å². The smallest absolute Gasteiger partial charge is 0.283 e. The van der Waals surface area contributed by atoms with Crippen LogP contribution in [-0.2, 0) is 11.4 Å². The molecule has 0 fully saturated rings. The zero-order valence-electron chi connectivity index (χ0n) is 14.6. The molecule has 2 amide bonds. The monoisotopic (exact) mass is 382 g/mol. The molecule has 0 saturated carbocycles. The number of hydrogen-bond donors (Lipinski definition) is 3. The number of nitrogens with zero attached hydrogens (tertiary/aromatic N) is 1. The number of hydrogen-bond acceptors (Lipinski definition) is 6. The number of nitrogens with one attached hydrogen (secondary N) is 3. The molecule has 0 saturated heterocycles. The first kappa shape index (κ1) is 18.4. The Labute approximate surface area is 160 Å². The summed E-state index contributed by atoms with van der Waals surface area (Å²) in [5.74, 6) is 0.477.